The number of anilines is 2. The fraction of sp³-hybridized carbons (Fsp3) is 0.455. The third-order valence-electron chi connectivity index (χ3n) is 5.79. The monoisotopic (exact) mass is 498 g/mol. The molecule has 188 valence electrons. The van der Waals surface area contributed by atoms with Crippen molar-refractivity contribution in [2.75, 3.05) is 17.2 Å². The van der Waals surface area contributed by atoms with Crippen molar-refractivity contribution in [1.82, 2.24) is 19.7 Å². The molecule has 1 amide bonds. The van der Waals surface area contributed by atoms with Crippen molar-refractivity contribution in [3.8, 4) is 11.5 Å². The molecular formula is C22H23F5N6O2. The Hall–Kier alpha value is -3.51. The minimum Gasteiger partial charge on any atom is -0.444 e. The number of aromatic nitrogens is 4. The molecular weight excluding hydrogens is 475 g/mol. The van der Waals surface area contributed by atoms with Gasteiger partial charge in [-0.2, -0.15) is 18.3 Å². The number of halogens is 5. The summed E-state index contributed by atoms with van der Waals surface area (Å²) in [6.07, 6.45) is -0.0401. The zero-order chi connectivity index (χ0) is 25.2. The molecule has 1 aliphatic rings. The van der Waals surface area contributed by atoms with E-state index in [0.29, 0.717) is 5.92 Å². The molecule has 2 N–H and O–H groups in total. The standard InChI is InChI=1S/C22H23F5N6O2/c1-12-2-4-14(5-3-12)33-9-15(18(32-33)19(23)24)30-20(34)16-10-35-21(31-16)13-6-7-28-17(8-13)29-11-22(25,26)27/h6-10,12,14,19H,2-5,11H2,1H3,(H,28,29)(H,30,34). The molecule has 1 saturated carbocycles. The summed E-state index contributed by atoms with van der Waals surface area (Å²) in [7, 11) is 0. The van der Waals surface area contributed by atoms with Gasteiger partial charge in [0.2, 0.25) is 5.89 Å². The maximum atomic E-state index is 13.6. The lowest BCUT2D eigenvalue weighted by Gasteiger charge is -2.26. The summed E-state index contributed by atoms with van der Waals surface area (Å²) in [4.78, 5) is 20.5. The van der Waals surface area contributed by atoms with E-state index in [1.54, 1.807) is 0 Å². The second kappa shape index (κ2) is 10.0. The largest absolute Gasteiger partial charge is 0.444 e. The molecule has 0 aliphatic heterocycles. The first-order valence-corrected chi connectivity index (χ1v) is 11.0. The highest BCUT2D eigenvalue weighted by molar-refractivity contribution is 6.03. The Kier molecular flexibility index (Phi) is 7.03. The number of carbonyl (C=O) groups excluding carboxylic acids is 1. The third kappa shape index (κ3) is 6.14. The van der Waals surface area contributed by atoms with Crippen LogP contribution in [0.3, 0.4) is 0 Å². The van der Waals surface area contributed by atoms with Crippen LogP contribution >= 0.6 is 0 Å². The summed E-state index contributed by atoms with van der Waals surface area (Å²) in [5, 5.41) is 8.57. The molecule has 3 aromatic rings. The van der Waals surface area contributed by atoms with Crippen molar-refractivity contribution >= 4 is 17.4 Å². The van der Waals surface area contributed by atoms with Gasteiger partial charge < -0.3 is 15.1 Å². The van der Waals surface area contributed by atoms with Crippen molar-refractivity contribution in [3.05, 3.63) is 42.2 Å². The molecule has 4 rings (SSSR count). The molecule has 35 heavy (non-hydrogen) atoms. The van der Waals surface area contributed by atoms with Gasteiger partial charge in [0.1, 0.15) is 18.6 Å². The maximum absolute atomic E-state index is 13.6. The van der Waals surface area contributed by atoms with Crippen LogP contribution in [0.2, 0.25) is 0 Å². The lowest BCUT2D eigenvalue weighted by atomic mass is 9.87. The first kappa shape index (κ1) is 24.6. The molecule has 3 aromatic heterocycles. The Morgan fingerprint density at radius 1 is 1.26 bits per heavy atom. The van der Waals surface area contributed by atoms with Crippen LogP contribution in [0.1, 0.15) is 61.3 Å². The highest BCUT2D eigenvalue weighted by Crippen LogP contribution is 2.34. The van der Waals surface area contributed by atoms with Gasteiger partial charge in [0.05, 0.1) is 11.7 Å². The fourth-order valence-corrected chi connectivity index (χ4v) is 3.91. The Balaban J connectivity index is 1.48. The van der Waals surface area contributed by atoms with Gasteiger partial charge in [-0.1, -0.05) is 6.92 Å². The highest BCUT2D eigenvalue weighted by atomic mass is 19.4. The summed E-state index contributed by atoms with van der Waals surface area (Å²) >= 11 is 0. The molecule has 0 saturated heterocycles. The van der Waals surface area contributed by atoms with E-state index in [9.17, 15) is 26.7 Å². The highest BCUT2D eigenvalue weighted by Gasteiger charge is 2.28. The maximum Gasteiger partial charge on any atom is 0.405 e. The number of carbonyl (C=O) groups is 1. The number of hydrogen-bond acceptors (Lipinski definition) is 6. The molecule has 0 aromatic carbocycles. The summed E-state index contributed by atoms with van der Waals surface area (Å²) in [5.74, 6) is -0.319. The Morgan fingerprint density at radius 2 is 2.00 bits per heavy atom. The minimum atomic E-state index is -4.42. The van der Waals surface area contributed by atoms with Crippen LogP contribution < -0.4 is 10.6 Å². The lowest BCUT2D eigenvalue weighted by Crippen LogP contribution is -2.21. The predicted molar refractivity (Wildman–Crippen MR) is 116 cm³/mol. The molecule has 13 heteroatoms. The Bertz CT molecular complexity index is 1170. The molecule has 1 fully saturated rings. The number of nitrogens with zero attached hydrogens (tertiary/aromatic N) is 4. The van der Waals surface area contributed by atoms with E-state index in [2.05, 4.69) is 32.6 Å². The SMILES string of the molecule is CC1CCC(n2cc(NC(=O)c3coc(-c4ccnc(NCC(F)(F)F)c4)n3)c(C(F)F)n2)CC1. The van der Waals surface area contributed by atoms with Crippen LogP contribution in [-0.4, -0.2) is 38.4 Å². The van der Waals surface area contributed by atoms with Crippen LogP contribution in [0.15, 0.2) is 35.2 Å². The lowest BCUT2D eigenvalue weighted by molar-refractivity contribution is -0.115. The van der Waals surface area contributed by atoms with Crippen LogP contribution in [-0.2, 0) is 0 Å². The smallest absolute Gasteiger partial charge is 0.405 e. The molecule has 0 atom stereocenters. The van der Waals surface area contributed by atoms with E-state index in [0.717, 1.165) is 31.9 Å². The second-order valence-corrected chi connectivity index (χ2v) is 8.51. The number of pyridine rings is 1. The van der Waals surface area contributed by atoms with Gasteiger partial charge >= 0.3 is 6.18 Å². The van der Waals surface area contributed by atoms with Crippen molar-refractivity contribution in [3.63, 3.8) is 0 Å². The van der Waals surface area contributed by atoms with Gasteiger partial charge in [-0.05, 0) is 43.7 Å². The van der Waals surface area contributed by atoms with Crippen LogP contribution in [0.25, 0.3) is 11.5 Å². The predicted octanol–water partition coefficient (Wildman–Crippen LogP) is 5.85. The number of nitrogens with one attached hydrogen (secondary N) is 2. The average Bonchev–Trinajstić information content (AvgIpc) is 3.46. The van der Waals surface area contributed by atoms with E-state index in [1.165, 1.54) is 29.2 Å². The van der Waals surface area contributed by atoms with E-state index in [-0.39, 0.29) is 34.7 Å². The van der Waals surface area contributed by atoms with E-state index < -0.39 is 30.7 Å². The zero-order valence-electron chi connectivity index (χ0n) is 18.6. The zero-order valence-corrected chi connectivity index (χ0v) is 18.6. The normalized spacial score (nSPS) is 18.6. The number of amides is 1. The van der Waals surface area contributed by atoms with Crippen LogP contribution in [0, 0.1) is 5.92 Å². The van der Waals surface area contributed by atoms with Crippen molar-refractivity contribution in [2.45, 2.75) is 51.3 Å². The minimum absolute atomic E-state index is 0.0140. The number of oxazole rings is 1. The number of rotatable bonds is 7. The van der Waals surface area contributed by atoms with Crippen molar-refractivity contribution in [1.29, 1.82) is 0 Å². The Labute approximate surface area is 196 Å². The number of alkyl halides is 5. The van der Waals surface area contributed by atoms with Gasteiger partial charge in [0, 0.05) is 18.0 Å². The van der Waals surface area contributed by atoms with Crippen molar-refractivity contribution < 1.29 is 31.2 Å². The molecule has 0 radical (unpaired) electrons. The van der Waals surface area contributed by atoms with Gasteiger partial charge in [-0.15, -0.1) is 0 Å². The summed E-state index contributed by atoms with van der Waals surface area (Å²) in [6, 6.07) is 2.71. The van der Waals surface area contributed by atoms with Gasteiger partial charge in [0.15, 0.2) is 11.4 Å². The van der Waals surface area contributed by atoms with Gasteiger partial charge in [-0.3, -0.25) is 9.48 Å². The average molecular weight is 498 g/mol. The van der Waals surface area contributed by atoms with Crippen LogP contribution in [0.4, 0.5) is 33.5 Å². The number of hydrogen-bond donors (Lipinski definition) is 2. The molecule has 1 aliphatic carbocycles. The molecule has 0 bridgehead atoms. The summed E-state index contributed by atoms with van der Waals surface area (Å²) in [6.45, 7) is 0.871. The van der Waals surface area contributed by atoms with Gasteiger partial charge in [0.25, 0.3) is 12.3 Å². The quantitative estimate of drug-likeness (QED) is 0.397. The van der Waals surface area contributed by atoms with Gasteiger partial charge in [-0.25, -0.2) is 18.7 Å². The van der Waals surface area contributed by atoms with E-state index >= 15 is 0 Å². The topological polar surface area (TPSA) is 97.9 Å². The van der Waals surface area contributed by atoms with Crippen molar-refractivity contribution in [2.24, 2.45) is 5.92 Å². The Morgan fingerprint density at radius 3 is 2.69 bits per heavy atom. The first-order chi connectivity index (χ1) is 16.6. The first-order valence-electron chi connectivity index (χ1n) is 11.0. The van der Waals surface area contributed by atoms with E-state index in [4.69, 9.17) is 4.42 Å². The summed E-state index contributed by atoms with van der Waals surface area (Å²) in [5.41, 5.74) is -0.566. The molecule has 8 nitrogen and oxygen atoms in total. The fourth-order valence-electron chi connectivity index (χ4n) is 3.91. The second-order valence-electron chi connectivity index (χ2n) is 8.51. The molecule has 3 heterocycles. The third-order valence-corrected chi connectivity index (χ3v) is 5.79. The van der Waals surface area contributed by atoms with Crippen LogP contribution in [0.5, 0.6) is 0 Å². The summed E-state index contributed by atoms with van der Waals surface area (Å²) < 4.78 is 71.2. The van der Waals surface area contributed by atoms with E-state index in [1.807, 2.05) is 0 Å². The molecule has 0 unspecified atom stereocenters. The molecule has 0 spiro atoms.